The van der Waals surface area contributed by atoms with Gasteiger partial charge < -0.3 is 9.80 Å². The van der Waals surface area contributed by atoms with Crippen LogP contribution in [0.5, 0.6) is 0 Å². The van der Waals surface area contributed by atoms with Crippen LogP contribution < -0.4 is 4.90 Å². The molecule has 0 aliphatic carbocycles. The molecule has 1 aliphatic rings. The molecule has 148 valence electrons. The predicted molar refractivity (Wildman–Crippen MR) is 119 cm³/mol. The van der Waals surface area contributed by atoms with E-state index in [9.17, 15) is 4.79 Å². The van der Waals surface area contributed by atoms with Gasteiger partial charge in [-0.25, -0.2) is 4.98 Å². The molecule has 3 aromatic rings. The van der Waals surface area contributed by atoms with Crippen molar-refractivity contribution >= 4 is 23.4 Å². The number of pyridine rings is 1. The Kier molecular flexibility index (Phi) is 6.47. The van der Waals surface area contributed by atoms with Crippen molar-refractivity contribution in [2.75, 3.05) is 31.1 Å². The smallest absolute Gasteiger partial charge is 0.253 e. The molecule has 4 nitrogen and oxygen atoms in total. The quantitative estimate of drug-likeness (QED) is 0.577. The number of rotatable bonds is 5. The molecule has 2 heterocycles. The second kappa shape index (κ2) is 9.61. The Balaban J connectivity index is 1.34. The topological polar surface area (TPSA) is 36.4 Å². The molecule has 0 N–H and O–H groups in total. The third-order valence-corrected chi connectivity index (χ3v) is 6.14. The highest BCUT2D eigenvalue weighted by atomic mass is 32.2. The van der Waals surface area contributed by atoms with Crippen LogP contribution >= 0.6 is 11.8 Å². The molecule has 0 bridgehead atoms. The van der Waals surface area contributed by atoms with Gasteiger partial charge in [-0.1, -0.05) is 36.4 Å². The third-order valence-electron chi connectivity index (χ3n) is 5.13. The molecule has 0 spiro atoms. The maximum atomic E-state index is 13.0. The first-order chi connectivity index (χ1) is 14.3. The fourth-order valence-corrected chi connectivity index (χ4v) is 4.35. The second-order valence-corrected chi connectivity index (χ2v) is 8.12. The van der Waals surface area contributed by atoms with Crippen molar-refractivity contribution in [3.63, 3.8) is 0 Å². The normalized spacial score (nSPS) is 14.5. The first-order valence-electron chi connectivity index (χ1n) is 10.0. The van der Waals surface area contributed by atoms with Crippen molar-refractivity contribution in [2.45, 2.75) is 17.2 Å². The van der Waals surface area contributed by atoms with E-state index >= 15 is 0 Å². The number of amides is 1. The van der Waals surface area contributed by atoms with Gasteiger partial charge in [-0.2, -0.15) is 0 Å². The maximum Gasteiger partial charge on any atom is 0.253 e. The number of anilines is 1. The van der Waals surface area contributed by atoms with E-state index in [-0.39, 0.29) is 5.91 Å². The van der Waals surface area contributed by atoms with Gasteiger partial charge in [-0.3, -0.25) is 4.79 Å². The Labute approximate surface area is 176 Å². The monoisotopic (exact) mass is 403 g/mol. The van der Waals surface area contributed by atoms with E-state index in [1.165, 1.54) is 11.3 Å². The number of hydrogen-bond acceptors (Lipinski definition) is 4. The van der Waals surface area contributed by atoms with Crippen LogP contribution in [0.25, 0.3) is 0 Å². The summed E-state index contributed by atoms with van der Waals surface area (Å²) in [5.41, 5.74) is 3.20. The first kappa shape index (κ1) is 19.5. The van der Waals surface area contributed by atoms with E-state index in [1.54, 1.807) is 11.8 Å². The number of hydrogen-bond donors (Lipinski definition) is 0. The fourth-order valence-electron chi connectivity index (χ4n) is 3.53. The lowest BCUT2D eigenvalue weighted by atomic mass is 10.1. The summed E-state index contributed by atoms with van der Waals surface area (Å²) in [7, 11) is 0. The Hall–Kier alpha value is -2.79. The van der Waals surface area contributed by atoms with Gasteiger partial charge >= 0.3 is 0 Å². The molecule has 1 aromatic heterocycles. The number of thioether (sulfide) groups is 1. The zero-order valence-electron chi connectivity index (χ0n) is 16.4. The SMILES string of the molecule is O=C(c1ccc(CSc2ccccn2)cc1)N1CCCN(c2ccccc2)CC1. The molecular formula is C24H25N3OS. The molecule has 4 rings (SSSR count). The second-order valence-electron chi connectivity index (χ2n) is 7.12. The average Bonchev–Trinajstić information content (AvgIpc) is 3.05. The van der Waals surface area contributed by atoms with Crippen LogP contribution in [-0.2, 0) is 5.75 Å². The van der Waals surface area contributed by atoms with E-state index in [0.717, 1.165) is 48.9 Å². The molecule has 1 aliphatic heterocycles. The van der Waals surface area contributed by atoms with Crippen molar-refractivity contribution in [1.82, 2.24) is 9.88 Å². The highest BCUT2D eigenvalue weighted by molar-refractivity contribution is 7.98. The van der Waals surface area contributed by atoms with E-state index < -0.39 is 0 Å². The molecule has 5 heteroatoms. The van der Waals surface area contributed by atoms with E-state index in [2.05, 4.69) is 46.3 Å². The summed E-state index contributed by atoms with van der Waals surface area (Å²) in [4.78, 5) is 21.7. The average molecular weight is 404 g/mol. The van der Waals surface area contributed by atoms with Gasteiger partial charge in [-0.05, 0) is 48.4 Å². The Bertz CT molecular complexity index is 916. The molecule has 0 atom stereocenters. The Morgan fingerprint density at radius 2 is 1.66 bits per heavy atom. The molecule has 1 saturated heterocycles. The Morgan fingerprint density at radius 1 is 0.862 bits per heavy atom. The summed E-state index contributed by atoms with van der Waals surface area (Å²) in [6.07, 6.45) is 2.80. The van der Waals surface area contributed by atoms with Crippen LogP contribution in [0.3, 0.4) is 0 Å². The van der Waals surface area contributed by atoms with Gasteiger partial charge in [0.2, 0.25) is 0 Å². The number of para-hydroxylation sites is 1. The van der Waals surface area contributed by atoms with Crippen molar-refractivity contribution in [2.24, 2.45) is 0 Å². The van der Waals surface area contributed by atoms with Gasteiger partial charge in [0.1, 0.15) is 0 Å². The van der Waals surface area contributed by atoms with Gasteiger partial charge in [0.15, 0.2) is 0 Å². The minimum Gasteiger partial charge on any atom is -0.370 e. The first-order valence-corrected chi connectivity index (χ1v) is 11.0. The Morgan fingerprint density at radius 3 is 2.41 bits per heavy atom. The zero-order chi connectivity index (χ0) is 19.9. The number of aromatic nitrogens is 1. The van der Waals surface area contributed by atoms with Crippen LogP contribution in [-0.4, -0.2) is 42.0 Å². The minimum atomic E-state index is 0.129. The number of nitrogens with zero attached hydrogens (tertiary/aromatic N) is 3. The van der Waals surface area contributed by atoms with Crippen LogP contribution in [0.4, 0.5) is 5.69 Å². The third kappa shape index (κ3) is 5.18. The highest BCUT2D eigenvalue weighted by Gasteiger charge is 2.20. The van der Waals surface area contributed by atoms with Gasteiger partial charge in [0, 0.05) is 49.4 Å². The highest BCUT2D eigenvalue weighted by Crippen LogP contribution is 2.21. The van der Waals surface area contributed by atoms with Crippen LogP contribution in [0, 0.1) is 0 Å². The van der Waals surface area contributed by atoms with E-state index in [1.807, 2.05) is 47.5 Å². The lowest BCUT2D eigenvalue weighted by Gasteiger charge is -2.23. The largest absolute Gasteiger partial charge is 0.370 e. The molecule has 1 amide bonds. The van der Waals surface area contributed by atoms with E-state index in [0.29, 0.717) is 0 Å². The lowest BCUT2D eigenvalue weighted by Crippen LogP contribution is -2.35. The van der Waals surface area contributed by atoms with Gasteiger partial charge in [0.25, 0.3) is 5.91 Å². The number of benzene rings is 2. The number of carbonyl (C=O) groups excluding carboxylic acids is 1. The van der Waals surface area contributed by atoms with Crippen molar-refractivity contribution in [1.29, 1.82) is 0 Å². The molecule has 0 saturated carbocycles. The molecule has 0 unspecified atom stereocenters. The molecular weight excluding hydrogens is 378 g/mol. The summed E-state index contributed by atoms with van der Waals surface area (Å²) < 4.78 is 0. The summed E-state index contributed by atoms with van der Waals surface area (Å²) in [5.74, 6) is 0.977. The van der Waals surface area contributed by atoms with Crippen molar-refractivity contribution in [3.05, 3.63) is 90.1 Å². The lowest BCUT2D eigenvalue weighted by molar-refractivity contribution is 0.0767. The zero-order valence-corrected chi connectivity index (χ0v) is 17.2. The number of carbonyl (C=O) groups is 1. The van der Waals surface area contributed by atoms with Crippen LogP contribution in [0.2, 0.25) is 0 Å². The summed E-state index contributed by atoms with van der Waals surface area (Å²) >= 11 is 1.70. The summed E-state index contributed by atoms with van der Waals surface area (Å²) in [5, 5.41) is 1.01. The predicted octanol–water partition coefficient (Wildman–Crippen LogP) is 4.73. The van der Waals surface area contributed by atoms with E-state index in [4.69, 9.17) is 0 Å². The fraction of sp³-hybridized carbons (Fsp3) is 0.250. The summed E-state index contributed by atoms with van der Waals surface area (Å²) in [6.45, 7) is 3.41. The molecule has 29 heavy (non-hydrogen) atoms. The van der Waals surface area contributed by atoms with Crippen LogP contribution in [0.15, 0.2) is 84.0 Å². The van der Waals surface area contributed by atoms with Gasteiger partial charge in [0.05, 0.1) is 5.03 Å². The minimum absolute atomic E-state index is 0.129. The van der Waals surface area contributed by atoms with Crippen molar-refractivity contribution in [3.8, 4) is 0 Å². The molecule has 1 fully saturated rings. The summed E-state index contributed by atoms with van der Waals surface area (Å²) in [6, 6.07) is 24.4. The van der Waals surface area contributed by atoms with Gasteiger partial charge in [-0.15, -0.1) is 11.8 Å². The molecule has 2 aromatic carbocycles. The standard InChI is InChI=1S/C24H25N3OS/c28-24(27-16-6-15-26(17-18-27)22-7-2-1-3-8-22)21-12-10-20(11-13-21)19-29-23-9-4-5-14-25-23/h1-5,7-14H,6,15-19H2. The van der Waals surface area contributed by atoms with Crippen LogP contribution in [0.1, 0.15) is 22.3 Å². The molecule has 0 radical (unpaired) electrons. The van der Waals surface area contributed by atoms with Crippen molar-refractivity contribution < 1.29 is 4.79 Å². The maximum absolute atomic E-state index is 13.0.